The normalized spacial score (nSPS) is 11.0. The molecule has 0 unspecified atom stereocenters. The summed E-state index contributed by atoms with van der Waals surface area (Å²) in [5.41, 5.74) is 1.32. The zero-order chi connectivity index (χ0) is 13.4. The standard InChI is InChI=1S/C13H11N3O2S/c1-8-2-4-16(11(17)6-8)7-10-14-9-3-5-19-12(9)13(18)15-10/h2-6H,7H2,1H3,(H,14,15,18). The predicted octanol–water partition coefficient (Wildman–Crippen LogP) is 1.50. The Labute approximate surface area is 112 Å². The lowest BCUT2D eigenvalue weighted by Gasteiger charge is -2.05. The third kappa shape index (κ3) is 2.22. The molecule has 0 aliphatic heterocycles. The summed E-state index contributed by atoms with van der Waals surface area (Å²) in [6.07, 6.45) is 1.70. The second kappa shape index (κ2) is 4.47. The van der Waals surface area contributed by atoms with E-state index in [2.05, 4.69) is 9.97 Å². The van der Waals surface area contributed by atoms with Gasteiger partial charge in [0.25, 0.3) is 11.1 Å². The average molecular weight is 273 g/mol. The Bertz CT molecular complexity index is 860. The molecule has 0 saturated heterocycles. The number of rotatable bonds is 2. The van der Waals surface area contributed by atoms with Gasteiger partial charge in [-0.05, 0) is 30.0 Å². The minimum Gasteiger partial charge on any atom is -0.308 e. The molecule has 0 aromatic carbocycles. The molecule has 0 aliphatic rings. The molecule has 0 saturated carbocycles. The van der Waals surface area contributed by atoms with E-state index >= 15 is 0 Å². The van der Waals surface area contributed by atoms with Crippen molar-refractivity contribution in [2.24, 2.45) is 0 Å². The fourth-order valence-corrected chi connectivity index (χ4v) is 2.62. The summed E-state index contributed by atoms with van der Waals surface area (Å²) < 4.78 is 2.13. The minimum absolute atomic E-state index is 0.104. The molecule has 6 heteroatoms. The summed E-state index contributed by atoms with van der Waals surface area (Å²) in [4.78, 5) is 30.7. The fourth-order valence-electron chi connectivity index (χ4n) is 1.90. The number of hydrogen-bond acceptors (Lipinski definition) is 4. The van der Waals surface area contributed by atoms with Crippen molar-refractivity contribution in [1.29, 1.82) is 0 Å². The van der Waals surface area contributed by atoms with Crippen molar-refractivity contribution >= 4 is 21.6 Å². The lowest BCUT2D eigenvalue weighted by atomic mass is 10.3. The van der Waals surface area contributed by atoms with Gasteiger partial charge in [-0.3, -0.25) is 9.59 Å². The van der Waals surface area contributed by atoms with Gasteiger partial charge in [-0.1, -0.05) is 0 Å². The Kier molecular flexibility index (Phi) is 2.79. The number of aromatic nitrogens is 3. The van der Waals surface area contributed by atoms with Crippen LogP contribution >= 0.6 is 11.3 Å². The topological polar surface area (TPSA) is 67.8 Å². The third-order valence-corrected chi connectivity index (χ3v) is 3.74. The molecule has 0 atom stereocenters. The maximum absolute atomic E-state index is 11.8. The monoisotopic (exact) mass is 273 g/mol. The molecule has 0 radical (unpaired) electrons. The van der Waals surface area contributed by atoms with Crippen molar-refractivity contribution in [3.63, 3.8) is 0 Å². The smallest absolute Gasteiger partial charge is 0.268 e. The van der Waals surface area contributed by atoms with E-state index < -0.39 is 0 Å². The van der Waals surface area contributed by atoms with Crippen LogP contribution in [-0.4, -0.2) is 14.5 Å². The van der Waals surface area contributed by atoms with E-state index in [9.17, 15) is 9.59 Å². The molecule has 0 spiro atoms. The maximum atomic E-state index is 11.8. The molecule has 0 amide bonds. The first kappa shape index (κ1) is 11.9. The van der Waals surface area contributed by atoms with Gasteiger partial charge in [0.2, 0.25) is 0 Å². The van der Waals surface area contributed by atoms with Gasteiger partial charge in [0, 0.05) is 12.3 Å². The van der Waals surface area contributed by atoms with Crippen molar-refractivity contribution in [3.8, 4) is 0 Å². The fraction of sp³-hybridized carbons (Fsp3) is 0.154. The summed E-state index contributed by atoms with van der Waals surface area (Å²) in [7, 11) is 0. The third-order valence-electron chi connectivity index (χ3n) is 2.84. The van der Waals surface area contributed by atoms with Crippen molar-refractivity contribution in [1.82, 2.24) is 14.5 Å². The molecular weight excluding hydrogens is 262 g/mol. The summed E-state index contributed by atoms with van der Waals surface area (Å²) in [6, 6.07) is 5.21. The molecule has 3 aromatic rings. The predicted molar refractivity (Wildman–Crippen MR) is 74.8 cm³/mol. The highest BCUT2D eigenvalue weighted by molar-refractivity contribution is 7.17. The van der Waals surface area contributed by atoms with Gasteiger partial charge in [0.15, 0.2) is 0 Å². The van der Waals surface area contributed by atoms with Crippen LogP contribution in [0.25, 0.3) is 10.2 Å². The number of hydrogen-bond donors (Lipinski definition) is 1. The molecule has 5 nitrogen and oxygen atoms in total. The molecule has 3 aromatic heterocycles. The number of aromatic amines is 1. The number of H-pyrrole nitrogens is 1. The largest absolute Gasteiger partial charge is 0.308 e. The summed E-state index contributed by atoms with van der Waals surface area (Å²) >= 11 is 1.36. The maximum Gasteiger partial charge on any atom is 0.268 e. The first-order valence-corrected chi connectivity index (χ1v) is 6.65. The first-order valence-electron chi connectivity index (χ1n) is 5.77. The van der Waals surface area contributed by atoms with Gasteiger partial charge in [0.1, 0.15) is 10.5 Å². The van der Waals surface area contributed by atoms with E-state index in [-0.39, 0.29) is 17.7 Å². The van der Waals surface area contributed by atoms with Gasteiger partial charge >= 0.3 is 0 Å². The van der Waals surface area contributed by atoms with Crippen molar-refractivity contribution in [3.05, 3.63) is 61.9 Å². The SMILES string of the molecule is Cc1ccn(Cc2nc3ccsc3c(=O)[nH]2)c(=O)c1. The van der Waals surface area contributed by atoms with Crippen molar-refractivity contribution < 1.29 is 0 Å². The van der Waals surface area contributed by atoms with Crippen molar-refractivity contribution in [2.45, 2.75) is 13.5 Å². The summed E-state index contributed by atoms with van der Waals surface area (Å²) in [6.45, 7) is 2.13. The highest BCUT2D eigenvalue weighted by Crippen LogP contribution is 2.13. The quantitative estimate of drug-likeness (QED) is 0.769. The molecule has 0 aliphatic carbocycles. The van der Waals surface area contributed by atoms with E-state index in [4.69, 9.17) is 0 Å². The van der Waals surface area contributed by atoms with E-state index in [1.54, 1.807) is 18.3 Å². The van der Waals surface area contributed by atoms with E-state index in [1.165, 1.54) is 15.9 Å². The highest BCUT2D eigenvalue weighted by Gasteiger charge is 2.06. The van der Waals surface area contributed by atoms with E-state index in [0.717, 1.165) is 5.56 Å². The second-order valence-corrected chi connectivity index (χ2v) is 5.23. The van der Waals surface area contributed by atoms with Crippen LogP contribution in [0, 0.1) is 6.92 Å². The highest BCUT2D eigenvalue weighted by atomic mass is 32.1. The average Bonchev–Trinajstić information content (AvgIpc) is 2.81. The molecule has 0 bridgehead atoms. The van der Waals surface area contributed by atoms with Crippen LogP contribution in [0.4, 0.5) is 0 Å². The van der Waals surface area contributed by atoms with Crippen LogP contribution in [0.15, 0.2) is 39.4 Å². The lowest BCUT2D eigenvalue weighted by molar-refractivity contribution is 0.714. The van der Waals surface area contributed by atoms with Gasteiger partial charge in [-0.2, -0.15) is 0 Å². The number of pyridine rings is 1. The Hall–Kier alpha value is -2.21. The van der Waals surface area contributed by atoms with E-state index in [1.807, 2.05) is 18.4 Å². The Morgan fingerprint density at radius 2 is 2.21 bits per heavy atom. The summed E-state index contributed by atoms with van der Waals surface area (Å²) in [5.74, 6) is 0.488. The zero-order valence-electron chi connectivity index (χ0n) is 10.2. The van der Waals surface area contributed by atoms with Gasteiger partial charge in [0.05, 0.1) is 12.1 Å². The van der Waals surface area contributed by atoms with Crippen LogP contribution in [0.1, 0.15) is 11.4 Å². The number of nitrogens with one attached hydrogen (secondary N) is 1. The Morgan fingerprint density at radius 3 is 3.00 bits per heavy atom. The Morgan fingerprint density at radius 1 is 1.37 bits per heavy atom. The minimum atomic E-state index is -0.157. The molecule has 1 N–H and O–H groups in total. The second-order valence-electron chi connectivity index (χ2n) is 4.32. The Balaban J connectivity index is 2.05. The number of fused-ring (bicyclic) bond motifs is 1. The van der Waals surface area contributed by atoms with Gasteiger partial charge < -0.3 is 9.55 Å². The number of thiophene rings is 1. The van der Waals surface area contributed by atoms with Gasteiger partial charge in [-0.15, -0.1) is 11.3 Å². The van der Waals surface area contributed by atoms with Gasteiger partial charge in [-0.25, -0.2) is 4.98 Å². The molecule has 3 rings (SSSR count). The van der Waals surface area contributed by atoms with Crippen LogP contribution in [0.5, 0.6) is 0 Å². The lowest BCUT2D eigenvalue weighted by Crippen LogP contribution is -2.22. The van der Waals surface area contributed by atoms with E-state index in [0.29, 0.717) is 16.0 Å². The molecule has 0 fully saturated rings. The first-order chi connectivity index (χ1) is 9.13. The number of nitrogens with zero attached hydrogens (tertiary/aromatic N) is 2. The number of aryl methyl sites for hydroxylation is 1. The molecule has 96 valence electrons. The molecular formula is C13H11N3O2S. The summed E-state index contributed by atoms with van der Waals surface area (Å²) in [5, 5.41) is 1.83. The van der Waals surface area contributed by atoms with Crippen molar-refractivity contribution in [2.75, 3.05) is 0 Å². The van der Waals surface area contributed by atoms with Crippen LogP contribution in [0.3, 0.4) is 0 Å². The van der Waals surface area contributed by atoms with Crippen LogP contribution in [-0.2, 0) is 6.54 Å². The zero-order valence-corrected chi connectivity index (χ0v) is 11.0. The molecule has 3 heterocycles. The van der Waals surface area contributed by atoms with Crippen LogP contribution < -0.4 is 11.1 Å². The molecule has 19 heavy (non-hydrogen) atoms. The van der Waals surface area contributed by atoms with Crippen LogP contribution in [0.2, 0.25) is 0 Å².